The van der Waals surface area contributed by atoms with Crippen molar-refractivity contribution >= 4 is 0 Å². The summed E-state index contributed by atoms with van der Waals surface area (Å²) in [7, 11) is 1.39. The normalized spacial score (nSPS) is 17.4. The highest BCUT2D eigenvalue weighted by atomic mass is 19.4. The second kappa shape index (κ2) is 4.79. The number of aryl methyl sites for hydroxylation is 1. The van der Waals surface area contributed by atoms with Crippen LogP contribution in [0.15, 0.2) is 0 Å². The number of aromatic nitrogens is 2. The van der Waals surface area contributed by atoms with Gasteiger partial charge in [-0.3, -0.25) is 0 Å². The summed E-state index contributed by atoms with van der Waals surface area (Å²) in [5.74, 6) is 0.0247. The standard InChI is InChI=1S/C11H15F3N2O2/c1-16-10(18-7-4-2-3-5-7)8(6-17)9(15-16)11(12,13)14/h7,17H,2-6H2,1H3. The van der Waals surface area contributed by atoms with E-state index in [1.807, 2.05) is 0 Å². The van der Waals surface area contributed by atoms with Crippen LogP contribution in [0.3, 0.4) is 0 Å². The highest BCUT2D eigenvalue weighted by molar-refractivity contribution is 5.33. The molecule has 102 valence electrons. The van der Waals surface area contributed by atoms with Crippen molar-refractivity contribution in [3.8, 4) is 5.88 Å². The molecule has 1 N–H and O–H groups in total. The smallest absolute Gasteiger partial charge is 0.435 e. The molecule has 0 saturated heterocycles. The molecule has 0 radical (unpaired) electrons. The van der Waals surface area contributed by atoms with Crippen LogP contribution in [0.25, 0.3) is 0 Å². The molecule has 2 rings (SSSR count). The Balaban J connectivity index is 2.31. The molecule has 1 heterocycles. The van der Waals surface area contributed by atoms with Crippen LogP contribution in [-0.2, 0) is 19.8 Å². The molecular formula is C11H15F3N2O2. The van der Waals surface area contributed by atoms with E-state index < -0.39 is 18.5 Å². The molecule has 18 heavy (non-hydrogen) atoms. The largest absolute Gasteiger partial charge is 0.474 e. The number of aliphatic hydroxyl groups excluding tert-OH is 1. The van der Waals surface area contributed by atoms with E-state index in [0.29, 0.717) is 0 Å². The summed E-state index contributed by atoms with van der Waals surface area (Å²) in [5, 5.41) is 12.5. The first-order valence-corrected chi connectivity index (χ1v) is 5.84. The van der Waals surface area contributed by atoms with E-state index in [-0.39, 0.29) is 17.5 Å². The minimum Gasteiger partial charge on any atom is -0.474 e. The van der Waals surface area contributed by atoms with E-state index >= 15 is 0 Å². The molecule has 7 heteroatoms. The van der Waals surface area contributed by atoms with Crippen LogP contribution >= 0.6 is 0 Å². The molecular weight excluding hydrogens is 249 g/mol. The monoisotopic (exact) mass is 264 g/mol. The van der Waals surface area contributed by atoms with Gasteiger partial charge in [-0.05, 0) is 25.7 Å². The summed E-state index contributed by atoms with van der Waals surface area (Å²) in [6.45, 7) is -0.731. The fourth-order valence-electron chi connectivity index (χ4n) is 2.23. The lowest BCUT2D eigenvalue weighted by Gasteiger charge is -2.14. The number of halogens is 3. The lowest BCUT2D eigenvalue weighted by Crippen LogP contribution is -2.14. The lowest BCUT2D eigenvalue weighted by atomic mass is 10.2. The van der Waals surface area contributed by atoms with E-state index in [2.05, 4.69) is 5.10 Å². The van der Waals surface area contributed by atoms with Gasteiger partial charge in [0, 0.05) is 7.05 Å². The predicted molar refractivity (Wildman–Crippen MR) is 57.0 cm³/mol. The first-order valence-electron chi connectivity index (χ1n) is 5.84. The van der Waals surface area contributed by atoms with Gasteiger partial charge in [0.1, 0.15) is 6.10 Å². The molecule has 1 fully saturated rings. The van der Waals surface area contributed by atoms with Crippen molar-refractivity contribution in [2.24, 2.45) is 7.05 Å². The van der Waals surface area contributed by atoms with E-state index in [1.165, 1.54) is 7.05 Å². The zero-order valence-electron chi connectivity index (χ0n) is 10.00. The molecule has 0 atom stereocenters. The van der Waals surface area contributed by atoms with Gasteiger partial charge in [0.15, 0.2) is 5.69 Å². The third kappa shape index (κ3) is 2.45. The third-order valence-electron chi connectivity index (χ3n) is 3.10. The van der Waals surface area contributed by atoms with Gasteiger partial charge in [0.05, 0.1) is 12.2 Å². The lowest BCUT2D eigenvalue weighted by molar-refractivity contribution is -0.142. The predicted octanol–water partition coefficient (Wildman–Crippen LogP) is 2.25. The van der Waals surface area contributed by atoms with Crippen LogP contribution in [-0.4, -0.2) is 21.0 Å². The van der Waals surface area contributed by atoms with E-state index in [9.17, 15) is 13.2 Å². The van der Waals surface area contributed by atoms with E-state index in [0.717, 1.165) is 30.4 Å². The van der Waals surface area contributed by atoms with E-state index in [1.54, 1.807) is 0 Å². The van der Waals surface area contributed by atoms with Crippen molar-refractivity contribution in [2.75, 3.05) is 0 Å². The van der Waals surface area contributed by atoms with Gasteiger partial charge < -0.3 is 9.84 Å². The van der Waals surface area contributed by atoms with Crippen LogP contribution in [0.2, 0.25) is 0 Å². The minimum atomic E-state index is -4.58. The van der Waals surface area contributed by atoms with Gasteiger partial charge in [-0.25, -0.2) is 4.68 Å². The molecule has 0 amide bonds. The van der Waals surface area contributed by atoms with Crippen LogP contribution in [0.4, 0.5) is 13.2 Å². The number of aliphatic hydroxyl groups is 1. The topological polar surface area (TPSA) is 47.3 Å². The number of nitrogens with zero attached hydrogens (tertiary/aromatic N) is 2. The van der Waals surface area contributed by atoms with Crippen molar-refractivity contribution in [2.45, 2.75) is 44.6 Å². The Morgan fingerprint density at radius 2 is 2.00 bits per heavy atom. The molecule has 0 aliphatic heterocycles. The van der Waals surface area contributed by atoms with Gasteiger partial charge in [-0.1, -0.05) is 0 Å². The molecule has 1 aromatic rings. The van der Waals surface area contributed by atoms with Crippen LogP contribution < -0.4 is 4.74 Å². The Morgan fingerprint density at radius 3 is 2.50 bits per heavy atom. The van der Waals surface area contributed by atoms with Crippen molar-refractivity contribution in [3.05, 3.63) is 11.3 Å². The number of hydrogen-bond acceptors (Lipinski definition) is 3. The summed E-state index contributed by atoms with van der Waals surface area (Å²) in [4.78, 5) is 0. The minimum absolute atomic E-state index is 0.0247. The molecule has 1 aliphatic carbocycles. The van der Waals surface area contributed by atoms with Gasteiger partial charge in [-0.15, -0.1) is 0 Å². The number of rotatable bonds is 3. The third-order valence-corrected chi connectivity index (χ3v) is 3.10. The van der Waals surface area contributed by atoms with E-state index in [4.69, 9.17) is 9.84 Å². The first-order chi connectivity index (χ1) is 8.43. The zero-order valence-corrected chi connectivity index (χ0v) is 10.00. The summed E-state index contributed by atoms with van der Waals surface area (Å²) in [5.41, 5.74) is -1.35. The summed E-state index contributed by atoms with van der Waals surface area (Å²) in [6, 6.07) is 0. The maximum atomic E-state index is 12.7. The zero-order chi connectivity index (χ0) is 13.3. The van der Waals surface area contributed by atoms with Gasteiger partial charge in [0.25, 0.3) is 0 Å². The molecule has 1 aliphatic rings. The number of hydrogen-bond donors (Lipinski definition) is 1. The Bertz CT molecular complexity index is 423. The maximum Gasteiger partial charge on any atom is 0.435 e. The second-order valence-corrected chi connectivity index (χ2v) is 4.44. The van der Waals surface area contributed by atoms with Crippen molar-refractivity contribution in [1.29, 1.82) is 0 Å². The molecule has 0 spiro atoms. The fraction of sp³-hybridized carbons (Fsp3) is 0.727. The van der Waals surface area contributed by atoms with Crippen molar-refractivity contribution in [3.63, 3.8) is 0 Å². The maximum absolute atomic E-state index is 12.7. The van der Waals surface area contributed by atoms with Crippen LogP contribution in [0.1, 0.15) is 36.9 Å². The summed E-state index contributed by atoms with van der Waals surface area (Å²) < 4.78 is 44.7. The Kier molecular flexibility index (Phi) is 3.52. The van der Waals surface area contributed by atoms with Crippen molar-refractivity contribution in [1.82, 2.24) is 9.78 Å². The summed E-state index contributed by atoms with van der Waals surface area (Å²) >= 11 is 0. The first kappa shape index (κ1) is 13.2. The molecule has 4 nitrogen and oxygen atoms in total. The molecule has 0 unspecified atom stereocenters. The molecule has 0 aromatic carbocycles. The average Bonchev–Trinajstić information content (AvgIpc) is 2.87. The van der Waals surface area contributed by atoms with Gasteiger partial charge >= 0.3 is 6.18 Å². The van der Waals surface area contributed by atoms with Gasteiger partial charge in [-0.2, -0.15) is 18.3 Å². The average molecular weight is 264 g/mol. The van der Waals surface area contributed by atoms with Crippen LogP contribution in [0, 0.1) is 0 Å². The van der Waals surface area contributed by atoms with Gasteiger partial charge in [0.2, 0.25) is 5.88 Å². The Labute approximate surface area is 102 Å². The quantitative estimate of drug-likeness (QED) is 0.910. The molecule has 1 aromatic heterocycles. The highest BCUT2D eigenvalue weighted by Gasteiger charge is 2.39. The number of alkyl halides is 3. The Hall–Kier alpha value is -1.24. The second-order valence-electron chi connectivity index (χ2n) is 4.44. The molecule has 0 bridgehead atoms. The van der Waals surface area contributed by atoms with Crippen LogP contribution in [0.5, 0.6) is 5.88 Å². The Morgan fingerprint density at radius 1 is 1.39 bits per heavy atom. The highest BCUT2D eigenvalue weighted by Crippen LogP contribution is 2.36. The summed E-state index contributed by atoms with van der Waals surface area (Å²) in [6.07, 6.45) is -0.958. The van der Waals surface area contributed by atoms with Crippen molar-refractivity contribution < 1.29 is 23.0 Å². The molecule has 1 saturated carbocycles. The SMILES string of the molecule is Cn1nc(C(F)(F)F)c(CO)c1OC1CCCC1. The number of ether oxygens (including phenoxy) is 1. The fourth-order valence-corrected chi connectivity index (χ4v) is 2.23.